The average Bonchev–Trinajstić information content (AvgIpc) is 1.54. The van der Waals surface area contributed by atoms with Crippen LogP contribution in [0.1, 0.15) is 21.6 Å². The molecular formula is C130H82F2IrN13O2-. The first-order valence-electron chi connectivity index (χ1n) is 48.1. The molecule has 9 heterocycles. The number of carboxylic acid groups (broad SMARTS) is 1. The number of halogens is 2. The van der Waals surface area contributed by atoms with Crippen LogP contribution in [0.3, 0.4) is 0 Å². The first-order valence-corrected chi connectivity index (χ1v) is 48.1. The van der Waals surface area contributed by atoms with Gasteiger partial charge in [-0.05, 0) is 168 Å². The van der Waals surface area contributed by atoms with Crippen LogP contribution in [0.2, 0.25) is 0 Å². The summed E-state index contributed by atoms with van der Waals surface area (Å²) in [4.78, 5) is 32.9. The van der Waals surface area contributed by atoms with Gasteiger partial charge in [-0.25, -0.2) is 14.8 Å². The zero-order valence-corrected chi connectivity index (χ0v) is 81.4. The molecule has 1 N–H and O–H groups in total. The molecule has 15 nitrogen and oxygen atoms in total. The number of rotatable bonds is 12. The number of nitrogens with zero attached hydrogens (tertiary/aromatic N) is 13. The number of benzene rings is 19. The molecular weight excluding hydrogens is 2010 g/mol. The van der Waals surface area contributed by atoms with Crippen LogP contribution in [0.25, 0.3) is 222 Å². The summed E-state index contributed by atoms with van der Waals surface area (Å²) in [5.74, 6) is -0.409. The van der Waals surface area contributed by atoms with Crippen molar-refractivity contribution >= 4 is 137 Å². The van der Waals surface area contributed by atoms with Crippen LogP contribution in [0.15, 0.2) is 492 Å². The standard InChI is InChI=1S/C39H25N5.C38H22N4.C36H24N2.C11H6F2N.C6H5NO2.Ir/c1-4-14-26(15-5-1)37-40-38(27-16-6-2-7-17-27)42-39(41-37)44-32-22-12-10-20-29(32)30-24-25-34-35(36(30)44)31-21-11-13-23-33(31)43(34)28-18-8-3-9-19-28;39-23-25-16-17-38-34(20-25)33-12-3-6-15-37(33)42(38)30-19-26(24-40)18-28(22-30)27-8-7-9-29(21-27)41-35-13-4-1-10-31(35)32-11-2-5-14-36(32)41;1-7-19-31-25(13-1)26-14-2-8-20-32(26)37(31)35-23-11-5-17-29(35)30-18-6-12-24-36(30)38-33-21-9-3-15-27(33)28-16-4-10-22-34(28)38;12-8-4-5-9(10(13)7-8)11-3-1-2-6-14-11;8-6(9)5-3-1-2-4-7-5;/h1-25H;1-22H;1-24H;1-4,6-7H;1-4H,(H,8,9);/q;;;-1;;. The Morgan fingerprint density at radius 3 is 1.15 bits per heavy atom. The van der Waals surface area contributed by atoms with Gasteiger partial charge in [0.25, 0.3) is 0 Å². The SMILES string of the molecule is Fc1c[c-]c(-c2ccccn2)c(F)c1.N#Cc1cc(-c2cccc(-n3c4ccccc4c4ccccc43)c2)cc(-n2c3ccccc3c3cc(C#N)ccc32)c1.O=C(O)c1ccccn1.[Ir].c1ccc(-c2nc(-c3ccccc3)nc(-n3c4ccccc4c4ccc5c(c6ccccc6n5-c5ccccc5)c43)n2)cc1.c1ccc(-n2c3ccccc3c3ccccc32)c(-c2ccccc2-n2c3ccccc3c3ccccc32)c1. The van der Waals surface area contributed by atoms with Crippen molar-refractivity contribution < 1.29 is 38.8 Å². The van der Waals surface area contributed by atoms with Gasteiger partial charge in [0.15, 0.2) is 11.6 Å². The van der Waals surface area contributed by atoms with Gasteiger partial charge in [0, 0.05) is 148 Å². The maximum absolute atomic E-state index is 13.2. The fraction of sp³-hybridized carbons (Fsp3) is 0. The van der Waals surface area contributed by atoms with E-state index in [1.807, 2.05) is 103 Å². The molecule has 9 aromatic heterocycles. The van der Waals surface area contributed by atoms with Crippen molar-refractivity contribution in [3.63, 3.8) is 0 Å². The Labute approximate surface area is 861 Å². The van der Waals surface area contributed by atoms with E-state index in [0.29, 0.717) is 34.4 Å². The first-order chi connectivity index (χ1) is 72.6. The van der Waals surface area contributed by atoms with Gasteiger partial charge in [-0.2, -0.15) is 20.5 Å². The van der Waals surface area contributed by atoms with Gasteiger partial charge in [0.05, 0.1) is 101 Å². The maximum atomic E-state index is 13.2. The van der Waals surface area contributed by atoms with Crippen molar-refractivity contribution in [2.75, 3.05) is 0 Å². The summed E-state index contributed by atoms with van der Waals surface area (Å²) in [7, 11) is 0. The molecule has 0 saturated heterocycles. The second kappa shape index (κ2) is 40.0. The third kappa shape index (κ3) is 16.9. The smallest absolute Gasteiger partial charge is 0.354 e. The molecule has 0 aliphatic carbocycles. The zero-order chi connectivity index (χ0) is 99.0. The number of aromatic nitrogens is 11. The van der Waals surface area contributed by atoms with Crippen molar-refractivity contribution in [1.82, 2.24) is 52.3 Å². The summed E-state index contributed by atoms with van der Waals surface area (Å²) in [6.45, 7) is 0. The molecule has 0 amide bonds. The van der Waals surface area contributed by atoms with Crippen LogP contribution in [0, 0.1) is 40.4 Å². The molecule has 19 aromatic carbocycles. The van der Waals surface area contributed by atoms with E-state index >= 15 is 0 Å². The van der Waals surface area contributed by atoms with E-state index in [-0.39, 0.29) is 31.4 Å². The van der Waals surface area contributed by atoms with Crippen LogP contribution >= 0.6 is 0 Å². The second-order valence-corrected chi connectivity index (χ2v) is 35.5. The minimum atomic E-state index is -0.990. The van der Waals surface area contributed by atoms with Gasteiger partial charge in [-0.3, -0.25) is 13.3 Å². The molecule has 28 rings (SSSR count). The van der Waals surface area contributed by atoms with Gasteiger partial charge in [-0.1, -0.05) is 327 Å². The number of para-hydroxylation sites is 12. The summed E-state index contributed by atoms with van der Waals surface area (Å²) in [6, 6.07) is 169. The molecule has 1 radical (unpaired) electrons. The number of nitriles is 2. The largest absolute Gasteiger partial charge is 0.477 e. The molecule has 703 valence electrons. The molecule has 0 spiro atoms. The quantitative estimate of drug-likeness (QED) is 0.117. The van der Waals surface area contributed by atoms with E-state index in [9.17, 15) is 24.1 Å². The van der Waals surface area contributed by atoms with E-state index in [4.69, 9.17) is 20.1 Å². The van der Waals surface area contributed by atoms with Crippen molar-refractivity contribution in [2.45, 2.75) is 0 Å². The summed E-state index contributed by atoms with van der Waals surface area (Å²) in [5, 5.41) is 42.2. The zero-order valence-electron chi connectivity index (χ0n) is 79.0. The number of carboxylic acids is 1. The Morgan fingerprint density at radius 2 is 0.676 bits per heavy atom. The molecule has 0 atom stereocenters. The molecule has 0 unspecified atom stereocenters. The number of aromatic carboxylic acids is 1. The third-order valence-electron chi connectivity index (χ3n) is 26.9. The maximum Gasteiger partial charge on any atom is 0.354 e. The van der Waals surface area contributed by atoms with Crippen molar-refractivity contribution in [3.05, 3.63) is 526 Å². The van der Waals surface area contributed by atoms with Gasteiger partial charge < -0.3 is 32.9 Å². The first kappa shape index (κ1) is 92.0. The molecule has 0 bridgehead atoms. The number of hydrogen-bond acceptors (Lipinski definition) is 8. The number of carbonyl (C=O) groups is 1. The monoisotopic (exact) mass is 2090 g/mol. The molecule has 28 aromatic rings. The number of pyridine rings is 2. The van der Waals surface area contributed by atoms with Gasteiger partial charge in [0.2, 0.25) is 5.95 Å². The predicted molar refractivity (Wildman–Crippen MR) is 590 cm³/mol. The van der Waals surface area contributed by atoms with E-state index in [2.05, 4.69) is 383 Å². The molecule has 0 fully saturated rings. The fourth-order valence-corrected chi connectivity index (χ4v) is 20.6. The molecule has 0 aliphatic rings. The molecule has 0 saturated carbocycles. The Bertz CT molecular complexity index is 9690. The van der Waals surface area contributed by atoms with Crippen LogP contribution in [0.5, 0.6) is 0 Å². The molecule has 148 heavy (non-hydrogen) atoms. The minimum Gasteiger partial charge on any atom is -0.477 e. The third-order valence-corrected chi connectivity index (χ3v) is 26.9. The van der Waals surface area contributed by atoms with Crippen molar-refractivity contribution in [2.24, 2.45) is 0 Å². The molecule has 0 aliphatic heterocycles. The van der Waals surface area contributed by atoms with Crippen LogP contribution in [-0.2, 0) is 20.1 Å². The van der Waals surface area contributed by atoms with Crippen LogP contribution < -0.4 is 0 Å². The van der Waals surface area contributed by atoms with E-state index in [0.717, 1.165) is 117 Å². The predicted octanol–water partition coefficient (Wildman–Crippen LogP) is 31.8. The topological polar surface area (TPSA) is 179 Å². The van der Waals surface area contributed by atoms with Crippen molar-refractivity contribution in [1.29, 1.82) is 10.5 Å². The van der Waals surface area contributed by atoms with Crippen LogP contribution in [0.4, 0.5) is 8.78 Å². The van der Waals surface area contributed by atoms with E-state index < -0.39 is 17.6 Å². The van der Waals surface area contributed by atoms with Gasteiger partial charge in [0.1, 0.15) is 5.69 Å². The normalized spacial score (nSPS) is 11.2. The molecule has 18 heteroatoms. The summed E-state index contributed by atoms with van der Waals surface area (Å²) >= 11 is 0. The Balaban J connectivity index is 0.000000110. The van der Waals surface area contributed by atoms with E-state index in [1.54, 1.807) is 36.5 Å². The van der Waals surface area contributed by atoms with Crippen LogP contribution in [-0.4, -0.2) is 63.4 Å². The number of fused-ring (bicyclic) bond motifs is 19. The Hall–Kier alpha value is -19.8. The Morgan fingerprint density at radius 1 is 0.291 bits per heavy atom. The number of hydrogen-bond donors (Lipinski definition) is 1. The second-order valence-electron chi connectivity index (χ2n) is 35.5. The van der Waals surface area contributed by atoms with E-state index in [1.165, 1.54) is 99.9 Å². The van der Waals surface area contributed by atoms with Gasteiger partial charge >= 0.3 is 5.97 Å². The van der Waals surface area contributed by atoms with Gasteiger partial charge in [-0.15, -0.1) is 12.1 Å². The summed E-state index contributed by atoms with van der Waals surface area (Å²) < 4.78 is 39.7. The summed E-state index contributed by atoms with van der Waals surface area (Å²) in [6.07, 6.45) is 3.00. The Kier molecular flexibility index (Phi) is 24.8. The fourth-order valence-electron chi connectivity index (χ4n) is 20.6. The summed E-state index contributed by atoms with van der Waals surface area (Å²) in [5.41, 5.74) is 27.3. The average molecular weight is 2090 g/mol. The van der Waals surface area contributed by atoms with Crippen molar-refractivity contribution in [3.8, 4) is 103 Å². The minimum absolute atomic E-state index is 0.